The molecule has 0 unspecified atom stereocenters. The van der Waals surface area contributed by atoms with Gasteiger partial charge in [0.25, 0.3) is 0 Å². The van der Waals surface area contributed by atoms with Crippen molar-refractivity contribution in [3.05, 3.63) is 107 Å². The van der Waals surface area contributed by atoms with Crippen molar-refractivity contribution in [2.45, 2.75) is 19.1 Å². The largest absolute Gasteiger partial charge is 0.416 e. The zero-order chi connectivity index (χ0) is 20.3. The summed E-state index contributed by atoms with van der Waals surface area (Å²) in [6, 6.07) is 24.8. The van der Waals surface area contributed by atoms with Crippen molar-refractivity contribution in [1.29, 1.82) is 0 Å². The lowest BCUT2D eigenvalue weighted by Gasteiger charge is -2.10. The summed E-state index contributed by atoms with van der Waals surface area (Å²) in [5.41, 5.74) is 3.55. The number of rotatable bonds is 5. The van der Waals surface area contributed by atoms with Crippen LogP contribution >= 0.6 is 0 Å². The molecule has 29 heavy (non-hydrogen) atoms. The lowest BCUT2D eigenvalue weighted by Crippen LogP contribution is -2.08. The molecule has 0 bridgehead atoms. The highest BCUT2D eigenvalue weighted by Gasteiger charge is 2.30. The second-order valence-corrected chi connectivity index (χ2v) is 6.77. The van der Waals surface area contributed by atoms with Gasteiger partial charge < -0.3 is 0 Å². The fourth-order valence-corrected chi connectivity index (χ4v) is 3.22. The van der Waals surface area contributed by atoms with E-state index >= 15 is 0 Å². The summed E-state index contributed by atoms with van der Waals surface area (Å²) in [5.74, 6) is 0. The Morgan fingerprint density at radius 3 is 1.90 bits per heavy atom. The Kier molecular flexibility index (Phi) is 5.16. The van der Waals surface area contributed by atoms with Crippen LogP contribution in [0.15, 0.2) is 84.9 Å². The molecule has 3 aromatic carbocycles. The van der Waals surface area contributed by atoms with E-state index in [0.717, 1.165) is 29.0 Å². The first kappa shape index (κ1) is 18.9. The standard InChI is InChI=1S/C23H18F3N3/c24-23(25,26)20-13-11-19(12-14-20)22-21(15-17-7-3-1-4-8-17)29(28-27-22)16-18-9-5-2-6-10-18/h1-14H,15-16H2. The minimum absolute atomic E-state index is 0.538. The Morgan fingerprint density at radius 2 is 1.31 bits per heavy atom. The van der Waals surface area contributed by atoms with E-state index in [1.165, 1.54) is 12.1 Å². The summed E-state index contributed by atoms with van der Waals surface area (Å²) in [6.07, 6.45) is -3.78. The topological polar surface area (TPSA) is 30.7 Å². The van der Waals surface area contributed by atoms with E-state index in [2.05, 4.69) is 10.3 Å². The van der Waals surface area contributed by atoms with Crippen LogP contribution in [-0.4, -0.2) is 15.0 Å². The number of benzene rings is 3. The Morgan fingerprint density at radius 1 is 0.724 bits per heavy atom. The molecule has 0 saturated heterocycles. The summed E-state index contributed by atoms with van der Waals surface area (Å²) in [4.78, 5) is 0. The number of hydrogen-bond acceptors (Lipinski definition) is 2. The van der Waals surface area contributed by atoms with Gasteiger partial charge in [-0.05, 0) is 23.3 Å². The molecule has 0 radical (unpaired) electrons. The van der Waals surface area contributed by atoms with Crippen molar-refractivity contribution < 1.29 is 13.2 Å². The van der Waals surface area contributed by atoms with Gasteiger partial charge in [0.05, 0.1) is 17.8 Å². The summed E-state index contributed by atoms with van der Waals surface area (Å²) >= 11 is 0. The zero-order valence-electron chi connectivity index (χ0n) is 15.5. The van der Waals surface area contributed by atoms with Crippen LogP contribution in [0.3, 0.4) is 0 Å². The van der Waals surface area contributed by atoms with Crippen LogP contribution in [0.4, 0.5) is 13.2 Å². The first-order valence-electron chi connectivity index (χ1n) is 9.18. The van der Waals surface area contributed by atoms with E-state index in [4.69, 9.17) is 0 Å². The lowest BCUT2D eigenvalue weighted by molar-refractivity contribution is -0.137. The van der Waals surface area contributed by atoms with Gasteiger partial charge in [-0.15, -0.1) is 5.10 Å². The molecule has 1 heterocycles. The van der Waals surface area contributed by atoms with Gasteiger partial charge in [-0.1, -0.05) is 78.0 Å². The van der Waals surface area contributed by atoms with Crippen LogP contribution < -0.4 is 0 Å². The normalized spacial score (nSPS) is 11.6. The van der Waals surface area contributed by atoms with Crippen LogP contribution in [0.5, 0.6) is 0 Å². The van der Waals surface area contributed by atoms with Crippen molar-refractivity contribution in [1.82, 2.24) is 15.0 Å². The van der Waals surface area contributed by atoms with Gasteiger partial charge in [0.1, 0.15) is 5.69 Å². The third-order valence-electron chi connectivity index (χ3n) is 4.71. The third kappa shape index (κ3) is 4.37. The van der Waals surface area contributed by atoms with Crippen molar-refractivity contribution in [3.8, 4) is 11.3 Å². The van der Waals surface area contributed by atoms with E-state index < -0.39 is 11.7 Å². The molecule has 0 spiro atoms. The fourth-order valence-electron chi connectivity index (χ4n) is 3.22. The zero-order valence-corrected chi connectivity index (χ0v) is 15.5. The summed E-state index contributed by atoms with van der Waals surface area (Å²) in [7, 11) is 0. The maximum atomic E-state index is 12.9. The number of halogens is 3. The SMILES string of the molecule is FC(F)(F)c1ccc(-c2nnn(Cc3ccccc3)c2Cc2ccccc2)cc1. The molecule has 4 rings (SSSR count). The monoisotopic (exact) mass is 393 g/mol. The molecule has 0 atom stereocenters. The van der Waals surface area contributed by atoms with Gasteiger partial charge >= 0.3 is 6.18 Å². The van der Waals surface area contributed by atoms with Crippen LogP contribution in [0, 0.1) is 0 Å². The molecule has 0 saturated carbocycles. The average Bonchev–Trinajstić information content (AvgIpc) is 3.11. The van der Waals surface area contributed by atoms with E-state index in [0.29, 0.717) is 24.2 Å². The maximum absolute atomic E-state index is 12.9. The van der Waals surface area contributed by atoms with E-state index in [1.807, 2.05) is 65.3 Å². The molecule has 3 nitrogen and oxygen atoms in total. The van der Waals surface area contributed by atoms with Gasteiger partial charge in [0.2, 0.25) is 0 Å². The smallest absolute Gasteiger partial charge is 0.244 e. The maximum Gasteiger partial charge on any atom is 0.416 e. The van der Waals surface area contributed by atoms with Gasteiger partial charge in [-0.2, -0.15) is 13.2 Å². The minimum atomic E-state index is -4.36. The molecule has 0 N–H and O–H groups in total. The molecule has 0 aliphatic heterocycles. The molecule has 0 aliphatic carbocycles. The molecule has 0 aliphatic rings. The van der Waals surface area contributed by atoms with E-state index in [9.17, 15) is 13.2 Å². The quantitative estimate of drug-likeness (QED) is 0.442. The second kappa shape index (κ2) is 7.91. The van der Waals surface area contributed by atoms with Crippen LogP contribution in [0.2, 0.25) is 0 Å². The van der Waals surface area contributed by atoms with Crippen LogP contribution in [0.25, 0.3) is 11.3 Å². The molecular formula is C23H18F3N3. The highest BCUT2D eigenvalue weighted by Crippen LogP contribution is 2.31. The number of hydrogen-bond donors (Lipinski definition) is 0. The highest BCUT2D eigenvalue weighted by molar-refractivity contribution is 5.62. The third-order valence-corrected chi connectivity index (χ3v) is 4.71. The second-order valence-electron chi connectivity index (χ2n) is 6.77. The molecule has 0 amide bonds. The van der Waals surface area contributed by atoms with Crippen molar-refractivity contribution in [3.63, 3.8) is 0 Å². The molecule has 1 aromatic heterocycles. The lowest BCUT2D eigenvalue weighted by atomic mass is 10.0. The van der Waals surface area contributed by atoms with Crippen molar-refractivity contribution in [2.24, 2.45) is 0 Å². The summed E-state index contributed by atoms with van der Waals surface area (Å²) in [6.45, 7) is 0.538. The first-order chi connectivity index (χ1) is 14.0. The average molecular weight is 393 g/mol. The highest BCUT2D eigenvalue weighted by atomic mass is 19.4. The Bertz CT molecular complexity index is 1070. The van der Waals surface area contributed by atoms with E-state index in [1.54, 1.807) is 0 Å². The van der Waals surface area contributed by atoms with Crippen LogP contribution in [0.1, 0.15) is 22.4 Å². The Balaban J connectivity index is 1.73. The number of aromatic nitrogens is 3. The Hall–Kier alpha value is -3.41. The predicted octanol–water partition coefficient (Wildman–Crippen LogP) is 5.60. The van der Waals surface area contributed by atoms with Crippen LogP contribution in [-0.2, 0) is 19.1 Å². The summed E-state index contributed by atoms with van der Waals surface area (Å²) < 4.78 is 40.5. The molecular weight excluding hydrogens is 375 g/mol. The van der Waals surface area contributed by atoms with Gasteiger partial charge in [-0.25, -0.2) is 4.68 Å². The first-order valence-corrected chi connectivity index (χ1v) is 9.18. The molecule has 6 heteroatoms. The van der Waals surface area contributed by atoms with Crippen molar-refractivity contribution in [2.75, 3.05) is 0 Å². The molecule has 0 fully saturated rings. The minimum Gasteiger partial charge on any atom is -0.244 e. The Labute approximate surface area is 166 Å². The number of nitrogens with zero attached hydrogens (tertiary/aromatic N) is 3. The van der Waals surface area contributed by atoms with Gasteiger partial charge in [-0.3, -0.25) is 0 Å². The molecule has 146 valence electrons. The number of alkyl halides is 3. The van der Waals surface area contributed by atoms with Crippen molar-refractivity contribution >= 4 is 0 Å². The predicted molar refractivity (Wildman–Crippen MR) is 105 cm³/mol. The molecule has 4 aromatic rings. The van der Waals surface area contributed by atoms with E-state index in [-0.39, 0.29) is 0 Å². The van der Waals surface area contributed by atoms with Gasteiger partial charge in [0, 0.05) is 12.0 Å². The fraction of sp³-hybridized carbons (Fsp3) is 0.130. The van der Waals surface area contributed by atoms with Gasteiger partial charge in [0.15, 0.2) is 0 Å². The summed E-state index contributed by atoms with van der Waals surface area (Å²) in [5, 5.41) is 8.60.